The van der Waals surface area contributed by atoms with Crippen molar-refractivity contribution >= 4 is 23.2 Å². The normalized spacial score (nSPS) is 13.0. The summed E-state index contributed by atoms with van der Waals surface area (Å²) in [7, 11) is 0. The van der Waals surface area contributed by atoms with Crippen LogP contribution in [-0.2, 0) is 9.59 Å². The van der Waals surface area contributed by atoms with E-state index < -0.39 is 0 Å². The lowest BCUT2D eigenvalue weighted by Gasteiger charge is -2.23. The van der Waals surface area contributed by atoms with E-state index >= 15 is 0 Å². The molecule has 0 saturated carbocycles. The van der Waals surface area contributed by atoms with E-state index in [1.165, 1.54) is 18.1 Å². The summed E-state index contributed by atoms with van der Waals surface area (Å²) in [4.78, 5) is 23.4. The van der Waals surface area contributed by atoms with Crippen LogP contribution < -0.4 is 16.0 Å². The lowest BCUT2D eigenvalue weighted by molar-refractivity contribution is -0.116. The molecule has 0 aliphatic rings. The number of carbonyl (C=O) groups excluding carboxylic acids is 2. The smallest absolute Gasteiger partial charge is 0.238 e. The second-order valence-corrected chi connectivity index (χ2v) is 7.89. The van der Waals surface area contributed by atoms with Gasteiger partial charge in [-0.05, 0) is 53.6 Å². The van der Waals surface area contributed by atoms with Crippen molar-refractivity contribution < 1.29 is 9.59 Å². The summed E-state index contributed by atoms with van der Waals surface area (Å²) < 4.78 is 0. The first-order chi connectivity index (χ1) is 13.8. The molecule has 0 bridgehead atoms. The molecule has 156 valence electrons. The fraction of sp³-hybridized carbons (Fsp3) is 0.417. The third-order valence-electron chi connectivity index (χ3n) is 5.12. The molecule has 0 heterocycles. The first kappa shape index (κ1) is 22.6. The summed E-state index contributed by atoms with van der Waals surface area (Å²) in [5.41, 5.74) is 3.94. The van der Waals surface area contributed by atoms with E-state index in [1.807, 2.05) is 0 Å². The van der Waals surface area contributed by atoms with Crippen molar-refractivity contribution in [1.29, 1.82) is 0 Å². The molecule has 2 amide bonds. The number of nitrogens with one attached hydrogen (secondary N) is 3. The summed E-state index contributed by atoms with van der Waals surface area (Å²) in [5.74, 6) is 0.688. The average molecular weight is 396 g/mol. The van der Waals surface area contributed by atoms with Gasteiger partial charge in [0.25, 0.3) is 0 Å². The van der Waals surface area contributed by atoms with Gasteiger partial charge in [0.15, 0.2) is 0 Å². The van der Waals surface area contributed by atoms with Crippen LogP contribution in [0.2, 0.25) is 0 Å². The van der Waals surface area contributed by atoms with Crippen LogP contribution in [0.15, 0.2) is 48.5 Å². The fourth-order valence-electron chi connectivity index (χ4n) is 3.25. The molecule has 29 heavy (non-hydrogen) atoms. The Morgan fingerprint density at radius 2 is 1.34 bits per heavy atom. The Labute approximate surface area is 174 Å². The van der Waals surface area contributed by atoms with E-state index in [4.69, 9.17) is 0 Å². The van der Waals surface area contributed by atoms with E-state index in [-0.39, 0.29) is 24.4 Å². The Balaban J connectivity index is 1.94. The topological polar surface area (TPSA) is 70.2 Å². The van der Waals surface area contributed by atoms with Gasteiger partial charge >= 0.3 is 0 Å². The maximum atomic E-state index is 12.4. The summed E-state index contributed by atoms with van der Waals surface area (Å²) in [6, 6.07) is 15.9. The molecule has 0 aliphatic heterocycles. The van der Waals surface area contributed by atoms with Crippen LogP contribution in [0.4, 0.5) is 11.4 Å². The molecule has 0 aliphatic carbocycles. The second-order valence-electron chi connectivity index (χ2n) is 7.89. The van der Waals surface area contributed by atoms with Crippen molar-refractivity contribution in [2.75, 3.05) is 17.2 Å². The van der Waals surface area contributed by atoms with Gasteiger partial charge in [0.05, 0.1) is 6.54 Å². The molecule has 2 atom stereocenters. The minimum atomic E-state index is -0.122. The van der Waals surface area contributed by atoms with E-state index in [1.54, 1.807) is 24.3 Å². The quantitative estimate of drug-likeness (QED) is 0.554. The predicted molar refractivity (Wildman–Crippen MR) is 120 cm³/mol. The lowest BCUT2D eigenvalue weighted by atomic mass is 9.92. The van der Waals surface area contributed by atoms with Gasteiger partial charge in [0.1, 0.15) is 0 Å². The SMILES string of the molecule is CC[C@H](C)c1ccc([C@H](NCC(=O)Nc2ccc(NC(C)=O)cc2)C(C)C)cc1. The molecular formula is C24H33N3O2. The highest BCUT2D eigenvalue weighted by molar-refractivity contribution is 5.93. The van der Waals surface area contributed by atoms with Gasteiger partial charge in [-0.15, -0.1) is 0 Å². The molecule has 0 aromatic heterocycles. The zero-order valence-corrected chi connectivity index (χ0v) is 18.1. The summed E-state index contributed by atoms with van der Waals surface area (Å²) in [6.45, 7) is 10.4. The zero-order valence-electron chi connectivity index (χ0n) is 18.1. The highest BCUT2D eigenvalue weighted by Crippen LogP contribution is 2.25. The Bertz CT molecular complexity index is 798. The number of anilines is 2. The fourth-order valence-corrected chi connectivity index (χ4v) is 3.25. The highest BCUT2D eigenvalue weighted by Gasteiger charge is 2.17. The maximum Gasteiger partial charge on any atom is 0.238 e. The van der Waals surface area contributed by atoms with Crippen molar-refractivity contribution in [3.05, 3.63) is 59.7 Å². The van der Waals surface area contributed by atoms with Crippen LogP contribution in [0, 0.1) is 5.92 Å². The van der Waals surface area contributed by atoms with E-state index in [0.717, 1.165) is 6.42 Å². The zero-order chi connectivity index (χ0) is 21.4. The van der Waals surface area contributed by atoms with Gasteiger partial charge in [-0.25, -0.2) is 0 Å². The van der Waals surface area contributed by atoms with E-state index in [9.17, 15) is 9.59 Å². The van der Waals surface area contributed by atoms with Gasteiger partial charge in [0, 0.05) is 24.3 Å². The Morgan fingerprint density at radius 1 is 0.828 bits per heavy atom. The molecule has 0 saturated heterocycles. The van der Waals surface area contributed by atoms with Crippen LogP contribution in [0.5, 0.6) is 0 Å². The van der Waals surface area contributed by atoms with Crippen molar-refractivity contribution in [1.82, 2.24) is 5.32 Å². The second kappa shape index (κ2) is 10.8. The number of amides is 2. The summed E-state index contributed by atoms with van der Waals surface area (Å²) >= 11 is 0. The Morgan fingerprint density at radius 3 is 1.83 bits per heavy atom. The molecule has 3 N–H and O–H groups in total. The standard InChI is InChI=1S/C24H33N3O2/c1-6-17(4)19-7-9-20(10-8-19)24(16(2)3)25-15-23(29)27-22-13-11-21(12-14-22)26-18(5)28/h7-14,16-17,24-25H,6,15H2,1-5H3,(H,26,28)(H,27,29)/t17-,24+/m0/s1. The van der Waals surface area contributed by atoms with Crippen molar-refractivity contribution in [2.45, 2.75) is 53.0 Å². The minimum Gasteiger partial charge on any atom is -0.326 e. The molecule has 2 aromatic rings. The number of rotatable bonds is 9. The third kappa shape index (κ3) is 7.02. The monoisotopic (exact) mass is 395 g/mol. The number of hydrogen-bond donors (Lipinski definition) is 3. The van der Waals surface area contributed by atoms with Crippen LogP contribution in [0.1, 0.15) is 64.1 Å². The summed E-state index contributed by atoms with van der Waals surface area (Å²) in [5, 5.41) is 8.98. The molecule has 5 nitrogen and oxygen atoms in total. The van der Waals surface area contributed by atoms with Gasteiger partial charge in [-0.1, -0.05) is 52.0 Å². The maximum absolute atomic E-state index is 12.4. The van der Waals surface area contributed by atoms with Crippen molar-refractivity contribution in [3.63, 3.8) is 0 Å². The van der Waals surface area contributed by atoms with E-state index in [2.05, 4.69) is 67.9 Å². The summed E-state index contributed by atoms with van der Waals surface area (Å²) in [6.07, 6.45) is 1.12. The number of hydrogen-bond acceptors (Lipinski definition) is 3. The largest absolute Gasteiger partial charge is 0.326 e. The molecule has 2 rings (SSSR count). The van der Waals surface area contributed by atoms with Crippen LogP contribution in [0.3, 0.4) is 0 Å². The van der Waals surface area contributed by atoms with Gasteiger partial charge in [-0.2, -0.15) is 0 Å². The minimum absolute atomic E-state index is 0.0980. The number of carbonyl (C=O) groups is 2. The van der Waals surface area contributed by atoms with Crippen LogP contribution >= 0.6 is 0 Å². The molecule has 0 spiro atoms. The molecule has 0 radical (unpaired) electrons. The Hall–Kier alpha value is -2.66. The Kier molecular flexibility index (Phi) is 8.40. The first-order valence-corrected chi connectivity index (χ1v) is 10.3. The average Bonchev–Trinajstić information content (AvgIpc) is 2.69. The molecule has 0 fully saturated rings. The highest BCUT2D eigenvalue weighted by atomic mass is 16.2. The molecule has 5 heteroatoms. The van der Waals surface area contributed by atoms with E-state index in [0.29, 0.717) is 23.2 Å². The molecule has 0 unspecified atom stereocenters. The van der Waals surface area contributed by atoms with Crippen LogP contribution in [0.25, 0.3) is 0 Å². The van der Waals surface area contributed by atoms with Crippen molar-refractivity contribution in [3.8, 4) is 0 Å². The lowest BCUT2D eigenvalue weighted by Crippen LogP contribution is -2.33. The van der Waals surface area contributed by atoms with Gasteiger partial charge in [0.2, 0.25) is 11.8 Å². The van der Waals surface area contributed by atoms with Crippen LogP contribution in [-0.4, -0.2) is 18.4 Å². The van der Waals surface area contributed by atoms with Crippen molar-refractivity contribution in [2.24, 2.45) is 5.92 Å². The molecule has 2 aromatic carbocycles. The first-order valence-electron chi connectivity index (χ1n) is 10.3. The van der Waals surface area contributed by atoms with Gasteiger partial charge in [-0.3, -0.25) is 9.59 Å². The predicted octanol–water partition coefficient (Wildman–Crippen LogP) is 5.08. The molecular weight excluding hydrogens is 362 g/mol. The number of benzene rings is 2. The van der Waals surface area contributed by atoms with Gasteiger partial charge < -0.3 is 16.0 Å². The third-order valence-corrected chi connectivity index (χ3v) is 5.12.